The quantitative estimate of drug-likeness (QED) is 0.313. The molecular formula is C12H19NO3. The standard InChI is InChI=1S/C12H19NO3/c1-3-5-6-10(4-2)9-16-12(15)11(7-13)8-14/h8,10,14H,3-6,9H2,1-2H3/b11-8-. The lowest BCUT2D eigenvalue weighted by atomic mass is 10.0. The van der Waals surface area contributed by atoms with Crippen LogP contribution < -0.4 is 0 Å². The molecule has 90 valence electrons. The maximum Gasteiger partial charge on any atom is 0.352 e. The van der Waals surface area contributed by atoms with Gasteiger partial charge in [0.25, 0.3) is 0 Å². The van der Waals surface area contributed by atoms with Gasteiger partial charge in [0.15, 0.2) is 5.57 Å². The zero-order valence-electron chi connectivity index (χ0n) is 9.90. The van der Waals surface area contributed by atoms with Crippen LogP contribution >= 0.6 is 0 Å². The largest absolute Gasteiger partial charge is 0.514 e. The Kier molecular flexibility index (Phi) is 7.96. The van der Waals surface area contributed by atoms with Crippen molar-refractivity contribution in [2.45, 2.75) is 39.5 Å². The van der Waals surface area contributed by atoms with E-state index >= 15 is 0 Å². The van der Waals surface area contributed by atoms with Crippen molar-refractivity contribution in [1.29, 1.82) is 5.26 Å². The second kappa shape index (κ2) is 8.78. The third kappa shape index (κ3) is 5.40. The lowest BCUT2D eigenvalue weighted by molar-refractivity contribution is -0.140. The van der Waals surface area contributed by atoms with E-state index in [2.05, 4.69) is 6.92 Å². The van der Waals surface area contributed by atoms with Gasteiger partial charge in [-0.2, -0.15) is 5.26 Å². The highest BCUT2D eigenvalue weighted by molar-refractivity contribution is 5.92. The Bertz CT molecular complexity index is 278. The van der Waals surface area contributed by atoms with Gasteiger partial charge in [0.05, 0.1) is 6.61 Å². The second-order valence-corrected chi connectivity index (χ2v) is 3.67. The minimum absolute atomic E-state index is 0.314. The average Bonchev–Trinajstić information content (AvgIpc) is 2.31. The molecule has 16 heavy (non-hydrogen) atoms. The summed E-state index contributed by atoms with van der Waals surface area (Å²) < 4.78 is 4.95. The molecule has 1 N–H and O–H groups in total. The lowest BCUT2D eigenvalue weighted by Gasteiger charge is -2.13. The fraction of sp³-hybridized carbons (Fsp3) is 0.667. The maximum atomic E-state index is 11.2. The van der Waals surface area contributed by atoms with Crippen LogP contribution in [0.3, 0.4) is 0 Å². The van der Waals surface area contributed by atoms with Gasteiger partial charge in [-0.3, -0.25) is 0 Å². The molecule has 0 aromatic rings. The minimum atomic E-state index is -0.750. The summed E-state index contributed by atoms with van der Waals surface area (Å²) in [4.78, 5) is 11.2. The Labute approximate surface area is 96.5 Å². The molecule has 0 radical (unpaired) electrons. The van der Waals surface area contributed by atoms with Gasteiger partial charge in [-0.05, 0) is 12.3 Å². The van der Waals surface area contributed by atoms with Crippen molar-refractivity contribution in [2.75, 3.05) is 6.61 Å². The normalized spacial score (nSPS) is 12.9. The van der Waals surface area contributed by atoms with Crippen molar-refractivity contribution >= 4 is 5.97 Å². The number of unbranched alkanes of at least 4 members (excludes halogenated alkanes) is 1. The van der Waals surface area contributed by atoms with Crippen molar-refractivity contribution in [1.82, 2.24) is 0 Å². The SMILES string of the molecule is CCCCC(CC)COC(=O)/C(C#N)=C\O. The topological polar surface area (TPSA) is 70.3 Å². The molecule has 0 rings (SSSR count). The van der Waals surface area contributed by atoms with E-state index in [0.29, 0.717) is 18.8 Å². The van der Waals surface area contributed by atoms with Crippen LogP contribution in [0.15, 0.2) is 11.8 Å². The number of hydrogen-bond donors (Lipinski definition) is 1. The van der Waals surface area contributed by atoms with Gasteiger partial charge in [-0.25, -0.2) is 4.79 Å². The van der Waals surface area contributed by atoms with Gasteiger partial charge < -0.3 is 9.84 Å². The van der Waals surface area contributed by atoms with Gasteiger partial charge in [0.1, 0.15) is 12.3 Å². The van der Waals surface area contributed by atoms with E-state index in [4.69, 9.17) is 15.1 Å². The number of rotatable bonds is 7. The minimum Gasteiger partial charge on any atom is -0.514 e. The number of carbonyl (C=O) groups excluding carboxylic acids is 1. The summed E-state index contributed by atoms with van der Waals surface area (Å²) in [6, 6.07) is 1.57. The predicted octanol–water partition coefficient (Wildman–Crippen LogP) is 2.71. The van der Waals surface area contributed by atoms with Crippen molar-refractivity contribution < 1.29 is 14.6 Å². The number of aliphatic hydroxyl groups excluding tert-OH is 1. The van der Waals surface area contributed by atoms with E-state index in [0.717, 1.165) is 25.7 Å². The van der Waals surface area contributed by atoms with E-state index in [9.17, 15) is 4.79 Å². The summed E-state index contributed by atoms with van der Waals surface area (Å²) in [5.41, 5.74) is -0.356. The molecule has 0 amide bonds. The predicted molar refractivity (Wildman–Crippen MR) is 60.6 cm³/mol. The van der Waals surface area contributed by atoms with E-state index in [1.54, 1.807) is 6.07 Å². The van der Waals surface area contributed by atoms with Gasteiger partial charge in [-0.15, -0.1) is 0 Å². The summed E-state index contributed by atoms with van der Waals surface area (Å²) in [7, 11) is 0. The number of esters is 1. The van der Waals surface area contributed by atoms with E-state index in [-0.39, 0.29) is 5.57 Å². The van der Waals surface area contributed by atoms with Crippen LogP contribution in [0.4, 0.5) is 0 Å². The molecule has 0 saturated heterocycles. The monoisotopic (exact) mass is 225 g/mol. The first kappa shape index (κ1) is 14.5. The van der Waals surface area contributed by atoms with Crippen molar-refractivity contribution in [3.05, 3.63) is 11.8 Å². The number of ether oxygens (including phenoxy) is 1. The van der Waals surface area contributed by atoms with E-state index in [1.807, 2.05) is 6.92 Å². The maximum absolute atomic E-state index is 11.2. The molecule has 0 aliphatic carbocycles. The average molecular weight is 225 g/mol. The molecule has 0 spiro atoms. The Morgan fingerprint density at radius 3 is 2.69 bits per heavy atom. The fourth-order valence-electron chi connectivity index (χ4n) is 1.30. The molecular weight excluding hydrogens is 206 g/mol. The van der Waals surface area contributed by atoms with Crippen LogP contribution in [0.2, 0.25) is 0 Å². The van der Waals surface area contributed by atoms with Gasteiger partial charge in [0, 0.05) is 0 Å². The van der Waals surface area contributed by atoms with Crippen LogP contribution in [-0.4, -0.2) is 17.7 Å². The third-order valence-electron chi connectivity index (χ3n) is 2.46. The first-order valence-corrected chi connectivity index (χ1v) is 5.61. The van der Waals surface area contributed by atoms with Crippen LogP contribution in [0.25, 0.3) is 0 Å². The van der Waals surface area contributed by atoms with Gasteiger partial charge >= 0.3 is 5.97 Å². The third-order valence-corrected chi connectivity index (χ3v) is 2.46. The first-order chi connectivity index (χ1) is 7.69. The number of aliphatic hydroxyl groups is 1. The number of hydrogen-bond acceptors (Lipinski definition) is 4. The molecule has 0 fully saturated rings. The van der Waals surface area contributed by atoms with Crippen LogP contribution in [-0.2, 0) is 9.53 Å². The highest BCUT2D eigenvalue weighted by atomic mass is 16.5. The smallest absolute Gasteiger partial charge is 0.352 e. The summed E-state index contributed by atoms with van der Waals surface area (Å²) in [5, 5.41) is 17.1. The van der Waals surface area contributed by atoms with Crippen LogP contribution in [0, 0.1) is 17.2 Å². The number of nitrogens with zero attached hydrogens (tertiary/aromatic N) is 1. The zero-order chi connectivity index (χ0) is 12.4. The number of carbonyl (C=O) groups is 1. The summed E-state index contributed by atoms with van der Waals surface area (Å²) in [6.07, 6.45) is 4.67. The second-order valence-electron chi connectivity index (χ2n) is 3.67. The molecule has 1 atom stereocenters. The van der Waals surface area contributed by atoms with Crippen molar-refractivity contribution in [3.8, 4) is 6.07 Å². The van der Waals surface area contributed by atoms with E-state index in [1.165, 1.54) is 0 Å². The Morgan fingerprint density at radius 2 is 2.25 bits per heavy atom. The molecule has 4 heteroatoms. The molecule has 0 aromatic heterocycles. The Hall–Kier alpha value is -1.50. The lowest BCUT2D eigenvalue weighted by Crippen LogP contribution is -2.15. The number of nitriles is 1. The Balaban J connectivity index is 4.02. The van der Waals surface area contributed by atoms with Gasteiger partial charge in [-0.1, -0.05) is 33.1 Å². The highest BCUT2D eigenvalue weighted by Gasteiger charge is 2.13. The Morgan fingerprint density at radius 1 is 1.56 bits per heavy atom. The molecule has 4 nitrogen and oxygen atoms in total. The molecule has 0 aliphatic rings. The van der Waals surface area contributed by atoms with E-state index < -0.39 is 5.97 Å². The molecule has 0 bridgehead atoms. The van der Waals surface area contributed by atoms with Crippen LogP contribution in [0.1, 0.15) is 39.5 Å². The fourth-order valence-corrected chi connectivity index (χ4v) is 1.30. The first-order valence-electron chi connectivity index (χ1n) is 5.61. The molecule has 0 aromatic carbocycles. The van der Waals surface area contributed by atoms with Crippen LogP contribution in [0.5, 0.6) is 0 Å². The summed E-state index contributed by atoms with van der Waals surface area (Å²) in [6.45, 7) is 4.47. The van der Waals surface area contributed by atoms with Crippen molar-refractivity contribution in [2.24, 2.45) is 5.92 Å². The highest BCUT2D eigenvalue weighted by Crippen LogP contribution is 2.13. The molecule has 1 unspecified atom stereocenters. The molecule has 0 aliphatic heterocycles. The van der Waals surface area contributed by atoms with Crippen molar-refractivity contribution in [3.63, 3.8) is 0 Å². The summed E-state index contributed by atoms with van der Waals surface area (Å²) >= 11 is 0. The molecule has 0 heterocycles. The summed E-state index contributed by atoms with van der Waals surface area (Å²) in [5.74, 6) is -0.414. The van der Waals surface area contributed by atoms with Gasteiger partial charge in [0.2, 0.25) is 0 Å². The zero-order valence-corrected chi connectivity index (χ0v) is 9.90. The molecule has 0 saturated carbocycles.